The van der Waals surface area contributed by atoms with Crippen LogP contribution >= 0.6 is 11.6 Å². The van der Waals surface area contributed by atoms with Crippen molar-refractivity contribution in [2.24, 2.45) is 0 Å². The van der Waals surface area contributed by atoms with Crippen LogP contribution < -0.4 is 5.73 Å². The zero-order valence-electron chi connectivity index (χ0n) is 11.6. The lowest BCUT2D eigenvalue weighted by molar-refractivity contribution is 0.103. The van der Waals surface area contributed by atoms with Crippen molar-refractivity contribution >= 4 is 23.1 Å². The van der Waals surface area contributed by atoms with Crippen LogP contribution in [-0.2, 0) is 6.54 Å². The number of hydrogen-bond acceptors (Lipinski definition) is 4. The molecule has 0 aliphatic rings. The van der Waals surface area contributed by atoms with Gasteiger partial charge in [-0.25, -0.2) is 0 Å². The van der Waals surface area contributed by atoms with Crippen molar-refractivity contribution in [1.29, 1.82) is 0 Å². The molecule has 0 unspecified atom stereocenters. The molecule has 0 saturated heterocycles. The number of nitrogens with zero attached hydrogens (tertiary/aromatic N) is 3. The van der Waals surface area contributed by atoms with Crippen molar-refractivity contribution in [2.75, 3.05) is 5.73 Å². The van der Waals surface area contributed by atoms with E-state index in [0.717, 1.165) is 5.56 Å². The van der Waals surface area contributed by atoms with E-state index in [1.54, 1.807) is 29.2 Å². The molecule has 0 fully saturated rings. The number of rotatable bonds is 4. The molecule has 2 heterocycles. The van der Waals surface area contributed by atoms with E-state index >= 15 is 0 Å². The third-order valence-corrected chi connectivity index (χ3v) is 3.44. The Morgan fingerprint density at radius 2 is 2.14 bits per heavy atom. The van der Waals surface area contributed by atoms with Crippen LogP contribution in [0.15, 0.2) is 55.0 Å². The quantitative estimate of drug-likeness (QED) is 0.752. The molecule has 0 saturated carbocycles. The minimum Gasteiger partial charge on any atom is -0.398 e. The molecule has 0 spiro atoms. The molecule has 110 valence electrons. The summed E-state index contributed by atoms with van der Waals surface area (Å²) in [7, 11) is 0. The van der Waals surface area contributed by atoms with Gasteiger partial charge in [0.05, 0.1) is 12.1 Å². The van der Waals surface area contributed by atoms with Gasteiger partial charge in [0, 0.05) is 29.3 Å². The van der Waals surface area contributed by atoms with E-state index in [0.29, 0.717) is 28.5 Å². The second-order valence-electron chi connectivity index (χ2n) is 4.82. The van der Waals surface area contributed by atoms with Crippen LogP contribution in [0, 0.1) is 0 Å². The van der Waals surface area contributed by atoms with E-state index in [9.17, 15) is 4.79 Å². The second-order valence-corrected chi connectivity index (χ2v) is 5.26. The monoisotopic (exact) mass is 312 g/mol. The van der Waals surface area contributed by atoms with Gasteiger partial charge < -0.3 is 5.73 Å². The number of carbonyl (C=O) groups is 1. The SMILES string of the molecule is Nc1ccncc1C(=O)c1ccn(Cc2cccc(Cl)c2)n1. The number of nitrogens with two attached hydrogens (primary N) is 1. The van der Waals surface area contributed by atoms with Crippen LogP contribution in [-0.4, -0.2) is 20.5 Å². The maximum atomic E-state index is 12.4. The summed E-state index contributed by atoms with van der Waals surface area (Å²) < 4.78 is 1.69. The summed E-state index contributed by atoms with van der Waals surface area (Å²) in [6.45, 7) is 0.538. The molecule has 0 bridgehead atoms. The number of anilines is 1. The van der Waals surface area contributed by atoms with Gasteiger partial charge in [-0.05, 0) is 29.8 Å². The third-order valence-electron chi connectivity index (χ3n) is 3.21. The lowest BCUT2D eigenvalue weighted by atomic mass is 10.1. The Hall–Kier alpha value is -2.66. The maximum absolute atomic E-state index is 12.4. The minimum atomic E-state index is -0.240. The van der Waals surface area contributed by atoms with Crippen LogP contribution in [0.5, 0.6) is 0 Å². The van der Waals surface area contributed by atoms with Crippen molar-refractivity contribution in [1.82, 2.24) is 14.8 Å². The van der Waals surface area contributed by atoms with E-state index in [1.165, 1.54) is 6.20 Å². The second kappa shape index (κ2) is 5.99. The van der Waals surface area contributed by atoms with Crippen molar-refractivity contribution in [3.63, 3.8) is 0 Å². The Morgan fingerprint density at radius 1 is 1.27 bits per heavy atom. The first kappa shape index (κ1) is 14.3. The highest BCUT2D eigenvalue weighted by Crippen LogP contribution is 2.15. The van der Waals surface area contributed by atoms with Gasteiger partial charge in [0.1, 0.15) is 5.69 Å². The van der Waals surface area contributed by atoms with Gasteiger partial charge in [-0.1, -0.05) is 23.7 Å². The standard InChI is InChI=1S/C16H13ClN4O/c17-12-3-1-2-11(8-12)10-21-7-5-15(20-21)16(22)13-9-19-6-4-14(13)18/h1-9H,10H2,(H2,18,19). The zero-order valence-corrected chi connectivity index (χ0v) is 12.4. The van der Waals surface area contributed by atoms with Crippen LogP contribution in [0.2, 0.25) is 5.02 Å². The lowest BCUT2D eigenvalue weighted by Gasteiger charge is -2.03. The van der Waals surface area contributed by atoms with Crippen molar-refractivity contribution in [2.45, 2.75) is 6.54 Å². The molecule has 0 aliphatic heterocycles. The van der Waals surface area contributed by atoms with Gasteiger partial charge in [0.25, 0.3) is 0 Å². The summed E-state index contributed by atoms with van der Waals surface area (Å²) in [4.78, 5) is 16.3. The van der Waals surface area contributed by atoms with Gasteiger partial charge in [-0.15, -0.1) is 0 Å². The summed E-state index contributed by atoms with van der Waals surface area (Å²) in [5, 5.41) is 4.96. The average Bonchev–Trinajstić information content (AvgIpc) is 2.95. The molecule has 5 nitrogen and oxygen atoms in total. The molecule has 3 aromatic rings. The molecule has 22 heavy (non-hydrogen) atoms. The molecule has 3 rings (SSSR count). The highest BCUT2D eigenvalue weighted by molar-refractivity contribution is 6.30. The smallest absolute Gasteiger partial charge is 0.216 e. The van der Waals surface area contributed by atoms with E-state index in [1.807, 2.05) is 24.3 Å². The largest absolute Gasteiger partial charge is 0.398 e. The molecule has 2 N–H and O–H groups in total. The molecule has 0 radical (unpaired) electrons. The zero-order chi connectivity index (χ0) is 15.5. The van der Waals surface area contributed by atoms with Crippen LogP contribution in [0.1, 0.15) is 21.6 Å². The predicted octanol–water partition coefficient (Wildman–Crippen LogP) is 2.79. The van der Waals surface area contributed by atoms with Gasteiger partial charge in [0.2, 0.25) is 5.78 Å². The van der Waals surface area contributed by atoms with Crippen LogP contribution in [0.4, 0.5) is 5.69 Å². The fourth-order valence-corrected chi connectivity index (χ4v) is 2.34. The van der Waals surface area contributed by atoms with E-state index in [2.05, 4.69) is 10.1 Å². The third kappa shape index (κ3) is 2.99. The maximum Gasteiger partial charge on any atom is 0.216 e. The molecule has 6 heteroatoms. The molecular formula is C16H13ClN4O. The Bertz CT molecular complexity index is 828. The number of benzene rings is 1. The molecule has 0 amide bonds. The van der Waals surface area contributed by atoms with Crippen molar-refractivity contribution in [3.05, 3.63) is 76.8 Å². The fraction of sp³-hybridized carbons (Fsp3) is 0.0625. The first-order valence-corrected chi connectivity index (χ1v) is 7.03. The van der Waals surface area contributed by atoms with Crippen molar-refractivity contribution < 1.29 is 4.79 Å². The van der Waals surface area contributed by atoms with E-state index in [4.69, 9.17) is 17.3 Å². The van der Waals surface area contributed by atoms with Gasteiger partial charge in [-0.3, -0.25) is 14.5 Å². The fourth-order valence-electron chi connectivity index (χ4n) is 2.13. The average molecular weight is 313 g/mol. The highest BCUT2D eigenvalue weighted by atomic mass is 35.5. The van der Waals surface area contributed by atoms with Gasteiger partial charge >= 0.3 is 0 Å². The van der Waals surface area contributed by atoms with Gasteiger partial charge in [-0.2, -0.15) is 5.10 Å². The number of pyridine rings is 1. The summed E-state index contributed by atoms with van der Waals surface area (Å²) in [6.07, 6.45) is 4.75. The molecule has 0 aliphatic carbocycles. The number of nitrogen functional groups attached to an aromatic ring is 1. The Balaban J connectivity index is 1.82. The predicted molar refractivity (Wildman–Crippen MR) is 84.9 cm³/mol. The van der Waals surface area contributed by atoms with Crippen LogP contribution in [0.25, 0.3) is 0 Å². The molecule has 1 aromatic carbocycles. The first-order valence-electron chi connectivity index (χ1n) is 6.65. The normalized spacial score (nSPS) is 10.6. The summed E-state index contributed by atoms with van der Waals surface area (Å²) >= 11 is 5.96. The molecule has 2 aromatic heterocycles. The topological polar surface area (TPSA) is 73.8 Å². The Labute approximate surface area is 132 Å². The minimum absolute atomic E-state index is 0.240. The number of halogens is 1. The van der Waals surface area contributed by atoms with Gasteiger partial charge in [0.15, 0.2) is 0 Å². The lowest BCUT2D eigenvalue weighted by Crippen LogP contribution is -2.08. The Morgan fingerprint density at radius 3 is 2.91 bits per heavy atom. The summed E-state index contributed by atoms with van der Waals surface area (Å²) in [6, 6.07) is 10.8. The summed E-state index contributed by atoms with van der Waals surface area (Å²) in [5.74, 6) is -0.240. The van der Waals surface area contributed by atoms with E-state index < -0.39 is 0 Å². The highest BCUT2D eigenvalue weighted by Gasteiger charge is 2.15. The number of ketones is 1. The number of aromatic nitrogens is 3. The van der Waals surface area contributed by atoms with E-state index in [-0.39, 0.29) is 5.78 Å². The van der Waals surface area contributed by atoms with Crippen molar-refractivity contribution in [3.8, 4) is 0 Å². The number of hydrogen-bond donors (Lipinski definition) is 1. The summed E-state index contributed by atoms with van der Waals surface area (Å²) in [5.41, 5.74) is 7.89. The molecule has 0 atom stereocenters. The van der Waals surface area contributed by atoms with Crippen LogP contribution in [0.3, 0.4) is 0 Å². The first-order chi connectivity index (χ1) is 10.6. The molecular weight excluding hydrogens is 300 g/mol. The Kier molecular flexibility index (Phi) is 3.89. The number of carbonyl (C=O) groups excluding carboxylic acids is 1.